The molecule has 0 spiro atoms. The lowest BCUT2D eigenvalue weighted by Gasteiger charge is -2.27. The molecule has 6 heteroatoms. The van der Waals surface area contributed by atoms with E-state index in [1.807, 2.05) is 0 Å². The number of aliphatic carboxylic acids is 1. The van der Waals surface area contributed by atoms with E-state index < -0.39 is 12.0 Å². The van der Waals surface area contributed by atoms with Gasteiger partial charge < -0.3 is 20.5 Å². The number of carboxylic acids is 1. The number of fused-ring (bicyclic) bond motifs is 1. The van der Waals surface area contributed by atoms with Gasteiger partial charge in [-0.3, -0.25) is 9.59 Å². The number of carbonyl (C=O) groups excluding carboxylic acids is 1. The number of Topliss-reactive ketones (excluding diaryl/α,β-unsaturated/α-hetero) is 1. The first-order chi connectivity index (χ1) is 10.5. The highest BCUT2D eigenvalue weighted by molar-refractivity contribution is 6.01. The third-order valence-corrected chi connectivity index (χ3v) is 3.72. The zero-order valence-electron chi connectivity index (χ0n) is 12.9. The van der Waals surface area contributed by atoms with Crippen molar-refractivity contribution in [1.29, 1.82) is 0 Å². The molecule has 0 radical (unpaired) electrons. The van der Waals surface area contributed by atoms with Crippen LogP contribution in [0, 0.1) is 0 Å². The molecule has 0 aliphatic carbocycles. The Balaban J connectivity index is 2.00. The normalized spacial score (nSPS) is 17.8. The van der Waals surface area contributed by atoms with Gasteiger partial charge in [0.2, 0.25) is 0 Å². The van der Waals surface area contributed by atoms with Crippen LogP contribution in [-0.2, 0) is 4.79 Å². The maximum Gasteiger partial charge on any atom is 0.304 e. The molecular formula is C16H22N2O4. The summed E-state index contributed by atoms with van der Waals surface area (Å²) in [5.74, 6) is -0.179. The lowest BCUT2D eigenvalue weighted by molar-refractivity contribution is -0.136. The van der Waals surface area contributed by atoms with Crippen molar-refractivity contribution in [3.63, 3.8) is 0 Å². The first-order valence-corrected chi connectivity index (χ1v) is 7.55. The van der Waals surface area contributed by atoms with Crippen LogP contribution in [0.5, 0.6) is 5.75 Å². The Kier molecular flexibility index (Phi) is 5.38. The topological polar surface area (TPSA) is 87.7 Å². The third-order valence-electron chi connectivity index (χ3n) is 3.72. The number of ketones is 1. The van der Waals surface area contributed by atoms with Crippen molar-refractivity contribution in [2.75, 3.05) is 18.4 Å². The van der Waals surface area contributed by atoms with Crippen molar-refractivity contribution in [3.05, 3.63) is 23.8 Å². The van der Waals surface area contributed by atoms with Gasteiger partial charge in [-0.25, -0.2) is 0 Å². The fourth-order valence-electron chi connectivity index (χ4n) is 2.34. The molecule has 0 saturated heterocycles. The van der Waals surface area contributed by atoms with Gasteiger partial charge in [-0.1, -0.05) is 6.92 Å². The van der Waals surface area contributed by atoms with Gasteiger partial charge in [-0.2, -0.15) is 0 Å². The van der Waals surface area contributed by atoms with Crippen LogP contribution in [0.2, 0.25) is 0 Å². The van der Waals surface area contributed by atoms with Crippen molar-refractivity contribution in [1.82, 2.24) is 5.32 Å². The predicted molar refractivity (Wildman–Crippen MR) is 83.7 cm³/mol. The van der Waals surface area contributed by atoms with Crippen LogP contribution in [-0.4, -0.2) is 42.1 Å². The Labute approximate surface area is 129 Å². The van der Waals surface area contributed by atoms with E-state index in [0.717, 1.165) is 24.4 Å². The highest BCUT2D eigenvalue weighted by atomic mass is 16.5. The third kappa shape index (κ3) is 3.98. The predicted octanol–water partition coefficient (Wildman–Crippen LogP) is 1.91. The maximum atomic E-state index is 12.3. The summed E-state index contributed by atoms with van der Waals surface area (Å²) < 4.78 is 5.81. The Bertz CT molecular complexity index is 559. The summed E-state index contributed by atoms with van der Waals surface area (Å²) >= 11 is 0. The van der Waals surface area contributed by atoms with Gasteiger partial charge in [0.25, 0.3) is 0 Å². The number of carboxylic acid groups (broad SMARTS) is 1. The molecule has 1 aliphatic heterocycles. The van der Waals surface area contributed by atoms with Crippen molar-refractivity contribution in [3.8, 4) is 5.75 Å². The number of rotatable bonds is 7. The number of anilines is 1. The molecule has 22 heavy (non-hydrogen) atoms. The van der Waals surface area contributed by atoms with Crippen LogP contribution >= 0.6 is 0 Å². The second-order valence-corrected chi connectivity index (χ2v) is 5.42. The van der Waals surface area contributed by atoms with Gasteiger partial charge in [0, 0.05) is 12.1 Å². The van der Waals surface area contributed by atoms with E-state index in [-0.39, 0.29) is 24.9 Å². The Morgan fingerprint density at radius 1 is 1.50 bits per heavy atom. The minimum absolute atomic E-state index is 0.00436. The zero-order valence-corrected chi connectivity index (χ0v) is 12.9. The standard InChI is InChI=1S/C16H22N2O4/c1-3-12-9-18-13-8-11(4-5-14(13)22-12)16(21)10(2)17-7-6-15(19)20/h4-5,8,10,12,17-18H,3,6-7,9H2,1-2H3,(H,19,20). The van der Waals surface area contributed by atoms with Crippen LogP contribution in [0.15, 0.2) is 18.2 Å². The van der Waals surface area contributed by atoms with Crippen LogP contribution in [0.3, 0.4) is 0 Å². The summed E-state index contributed by atoms with van der Waals surface area (Å²) in [6.45, 7) is 4.81. The number of carbonyl (C=O) groups is 2. The molecule has 120 valence electrons. The monoisotopic (exact) mass is 306 g/mol. The molecule has 6 nitrogen and oxygen atoms in total. The van der Waals surface area contributed by atoms with Gasteiger partial charge in [-0.05, 0) is 31.5 Å². The van der Waals surface area contributed by atoms with Gasteiger partial charge in [0.15, 0.2) is 5.78 Å². The lowest BCUT2D eigenvalue weighted by atomic mass is 10.0. The number of hydrogen-bond donors (Lipinski definition) is 3. The minimum Gasteiger partial charge on any atom is -0.486 e. The minimum atomic E-state index is -0.882. The summed E-state index contributed by atoms with van der Waals surface area (Å²) in [7, 11) is 0. The molecule has 0 fully saturated rings. The van der Waals surface area contributed by atoms with Gasteiger partial charge >= 0.3 is 5.97 Å². The molecule has 0 aromatic heterocycles. The molecule has 3 N–H and O–H groups in total. The van der Waals surface area contributed by atoms with Crippen molar-refractivity contribution >= 4 is 17.4 Å². The molecule has 2 unspecified atom stereocenters. The summed E-state index contributed by atoms with van der Waals surface area (Å²) in [4.78, 5) is 22.8. The Morgan fingerprint density at radius 2 is 2.27 bits per heavy atom. The van der Waals surface area contributed by atoms with Crippen LogP contribution < -0.4 is 15.4 Å². The van der Waals surface area contributed by atoms with E-state index in [1.165, 1.54) is 0 Å². The SMILES string of the molecule is CCC1CNc2cc(C(=O)C(C)NCCC(=O)O)ccc2O1. The quantitative estimate of drug-likeness (QED) is 0.667. The average Bonchev–Trinajstić information content (AvgIpc) is 2.52. The summed E-state index contributed by atoms with van der Waals surface area (Å²) in [6, 6.07) is 4.92. The van der Waals surface area contributed by atoms with Crippen LogP contribution in [0.25, 0.3) is 0 Å². The van der Waals surface area contributed by atoms with Crippen molar-refractivity contribution in [2.45, 2.75) is 38.8 Å². The molecule has 1 aromatic rings. The van der Waals surface area contributed by atoms with Gasteiger partial charge in [0.05, 0.1) is 24.7 Å². The van der Waals surface area contributed by atoms with E-state index in [1.54, 1.807) is 25.1 Å². The van der Waals surface area contributed by atoms with E-state index in [2.05, 4.69) is 17.6 Å². The average molecular weight is 306 g/mol. The van der Waals surface area contributed by atoms with E-state index in [0.29, 0.717) is 5.56 Å². The first kappa shape index (κ1) is 16.3. The number of nitrogens with one attached hydrogen (secondary N) is 2. The molecule has 2 rings (SSSR count). The first-order valence-electron chi connectivity index (χ1n) is 7.55. The fourth-order valence-corrected chi connectivity index (χ4v) is 2.34. The summed E-state index contributed by atoms with van der Waals surface area (Å²) in [5.41, 5.74) is 1.41. The number of benzene rings is 1. The Hall–Kier alpha value is -2.08. The molecule has 0 amide bonds. The number of ether oxygens (including phenoxy) is 1. The molecule has 1 aliphatic rings. The van der Waals surface area contributed by atoms with E-state index in [9.17, 15) is 9.59 Å². The van der Waals surface area contributed by atoms with E-state index >= 15 is 0 Å². The number of hydrogen-bond acceptors (Lipinski definition) is 5. The van der Waals surface area contributed by atoms with Crippen LogP contribution in [0.1, 0.15) is 37.0 Å². The Morgan fingerprint density at radius 3 is 2.95 bits per heavy atom. The highest BCUT2D eigenvalue weighted by Gasteiger charge is 2.21. The van der Waals surface area contributed by atoms with Crippen LogP contribution in [0.4, 0.5) is 5.69 Å². The maximum absolute atomic E-state index is 12.3. The van der Waals surface area contributed by atoms with Gasteiger partial charge in [0.1, 0.15) is 11.9 Å². The van der Waals surface area contributed by atoms with Gasteiger partial charge in [-0.15, -0.1) is 0 Å². The van der Waals surface area contributed by atoms with E-state index in [4.69, 9.17) is 9.84 Å². The molecule has 0 bridgehead atoms. The zero-order chi connectivity index (χ0) is 16.1. The summed E-state index contributed by atoms with van der Waals surface area (Å²) in [6.07, 6.45) is 1.08. The second-order valence-electron chi connectivity index (χ2n) is 5.42. The molecule has 0 saturated carbocycles. The van der Waals surface area contributed by atoms with Crippen molar-refractivity contribution in [2.24, 2.45) is 0 Å². The molecular weight excluding hydrogens is 284 g/mol. The second kappa shape index (κ2) is 7.26. The molecule has 1 aromatic carbocycles. The summed E-state index contributed by atoms with van der Waals surface area (Å²) in [5, 5.41) is 14.8. The molecule has 2 atom stereocenters. The largest absolute Gasteiger partial charge is 0.486 e. The fraction of sp³-hybridized carbons (Fsp3) is 0.500. The molecule has 1 heterocycles. The smallest absolute Gasteiger partial charge is 0.304 e. The lowest BCUT2D eigenvalue weighted by Crippen LogP contribution is -2.35. The van der Waals surface area contributed by atoms with Crippen molar-refractivity contribution < 1.29 is 19.4 Å². The highest BCUT2D eigenvalue weighted by Crippen LogP contribution is 2.30.